The summed E-state index contributed by atoms with van der Waals surface area (Å²) in [6.45, 7) is 1.62. The zero-order valence-electron chi connectivity index (χ0n) is 17.6. The Bertz CT molecular complexity index is 1270. The summed E-state index contributed by atoms with van der Waals surface area (Å²) in [6.07, 6.45) is 3.78. The monoisotopic (exact) mass is 428 g/mol. The quantitative estimate of drug-likeness (QED) is 0.447. The van der Waals surface area contributed by atoms with Crippen molar-refractivity contribution in [3.8, 4) is 0 Å². The molecule has 1 fully saturated rings. The normalized spacial score (nSPS) is 13.5. The molecule has 2 aromatic carbocycles. The topological polar surface area (TPSA) is 91.2 Å². The van der Waals surface area contributed by atoms with Gasteiger partial charge in [-0.1, -0.05) is 24.3 Å². The minimum Gasteiger partial charge on any atom is -0.468 e. The molecule has 7 heteroatoms. The molecule has 4 aromatic rings. The van der Waals surface area contributed by atoms with Crippen molar-refractivity contribution in [2.45, 2.75) is 38.5 Å². The van der Waals surface area contributed by atoms with Gasteiger partial charge in [0.25, 0.3) is 11.5 Å². The first-order valence-electron chi connectivity index (χ1n) is 10.8. The van der Waals surface area contributed by atoms with E-state index >= 15 is 0 Å². The lowest BCUT2D eigenvalue weighted by Crippen LogP contribution is -2.26. The van der Waals surface area contributed by atoms with Crippen LogP contribution >= 0.6 is 0 Å². The Hall–Kier alpha value is -3.71. The molecule has 5 rings (SSSR count). The molecule has 0 spiro atoms. The molecule has 0 aliphatic heterocycles. The molecule has 7 nitrogen and oxygen atoms in total. The van der Waals surface area contributed by atoms with Crippen molar-refractivity contribution in [3.05, 3.63) is 100.0 Å². The molecule has 162 valence electrons. The van der Waals surface area contributed by atoms with Gasteiger partial charge in [-0.15, -0.1) is 0 Å². The minimum absolute atomic E-state index is 0.0237. The third kappa shape index (κ3) is 4.78. The number of aromatic nitrogens is 2. The van der Waals surface area contributed by atoms with Crippen LogP contribution in [-0.2, 0) is 19.6 Å². The van der Waals surface area contributed by atoms with E-state index in [-0.39, 0.29) is 11.5 Å². The first-order chi connectivity index (χ1) is 15.6. The van der Waals surface area contributed by atoms with Gasteiger partial charge in [-0.05, 0) is 54.8 Å². The smallest absolute Gasteiger partial charge is 0.258 e. The summed E-state index contributed by atoms with van der Waals surface area (Å²) in [4.78, 5) is 34.4. The van der Waals surface area contributed by atoms with E-state index in [1.807, 2.05) is 54.6 Å². The second-order valence-corrected chi connectivity index (χ2v) is 8.20. The Morgan fingerprint density at radius 1 is 1.03 bits per heavy atom. The number of carbonyl (C=O) groups excluding carboxylic acids is 1. The number of nitrogens with zero attached hydrogens (tertiary/aromatic N) is 2. The van der Waals surface area contributed by atoms with Gasteiger partial charge < -0.3 is 14.7 Å². The summed E-state index contributed by atoms with van der Waals surface area (Å²) in [5, 5.41) is 3.59. The highest BCUT2D eigenvalue weighted by atomic mass is 16.3. The second-order valence-electron chi connectivity index (χ2n) is 8.20. The van der Waals surface area contributed by atoms with Crippen LogP contribution < -0.4 is 10.9 Å². The number of nitrogens with one attached hydrogen (secondary N) is 2. The molecule has 1 aliphatic rings. The summed E-state index contributed by atoms with van der Waals surface area (Å²) < 4.78 is 5.54. The number of para-hydroxylation sites is 1. The summed E-state index contributed by atoms with van der Waals surface area (Å²) >= 11 is 0. The number of aromatic amines is 1. The molecule has 0 bridgehead atoms. The Balaban J connectivity index is 1.35. The van der Waals surface area contributed by atoms with Crippen molar-refractivity contribution < 1.29 is 9.21 Å². The van der Waals surface area contributed by atoms with E-state index in [2.05, 4.69) is 20.2 Å². The van der Waals surface area contributed by atoms with Crippen LogP contribution in [0.25, 0.3) is 10.9 Å². The summed E-state index contributed by atoms with van der Waals surface area (Å²) in [5.41, 5.74) is 2.26. The molecule has 2 aromatic heterocycles. The van der Waals surface area contributed by atoms with Gasteiger partial charge in [0, 0.05) is 18.2 Å². The van der Waals surface area contributed by atoms with E-state index in [1.165, 1.54) is 0 Å². The van der Waals surface area contributed by atoms with Crippen LogP contribution in [0.1, 0.15) is 40.3 Å². The maximum absolute atomic E-state index is 12.5. The average molecular weight is 428 g/mol. The standard InChI is InChI=1S/C25H24N4O3/c30-24(26-19-11-12-19)18-9-7-17(8-10-18)14-29(15-20-4-3-13-32-20)16-23-27-22-6-2-1-5-21(22)25(31)28-23/h1-10,13,19H,11-12,14-16H2,(H,26,30)(H,27,28,31). The van der Waals surface area contributed by atoms with Crippen molar-refractivity contribution in [2.24, 2.45) is 0 Å². The van der Waals surface area contributed by atoms with Gasteiger partial charge in [0.1, 0.15) is 11.6 Å². The maximum Gasteiger partial charge on any atom is 0.258 e. The first kappa shape index (κ1) is 20.2. The molecule has 0 saturated heterocycles. The fourth-order valence-corrected chi connectivity index (χ4v) is 3.73. The number of amides is 1. The zero-order valence-corrected chi connectivity index (χ0v) is 17.6. The number of rotatable bonds is 8. The van der Waals surface area contributed by atoms with Gasteiger partial charge in [0.2, 0.25) is 0 Å². The Morgan fingerprint density at radius 2 is 1.84 bits per heavy atom. The Kier molecular flexibility index (Phi) is 5.56. The van der Waals surface area contributed by atoms with Crippen LogP contribution in [0.4, 0.5) is 0 Å². The number of benzene rings is 2. The predicted octanol–water partition coefficient (Wildman–Crippen LogP) is 3.61. The number of H-pyrrole nitrogens is 1. The van der Waals surface area contributed by atoms with Gasteiger partial charge in [0.05, 0.1) is 30.3 Å². The molecule has 1 amide bonds. The molecule has 1 aliphatic carbocycles. The summed E-state index contributed by atoms with van der Waals surface area (Å²) in [7, 11) is 0. The molecule has 2 N–H and O–H groups in total. The molecule has 1 saturated carbocycles. The van der Waals surface area contributed by atoms with Crippen molar-refractivity contribution in [2.75, 3.05) is 0 Å². The van der Waals surface area contributed by atoms with E-state index in [1.54, 1.807) is 12.3 Å². The minimum atomic E-state index is -0.144. The van der Waals surface area contributed by atoms with Gasteiger partial charge >= 0.3 is 0 Å². The fourth-order valence-electron chi connectivity index (χ4n) is 3.73. The largest absolute Gasteiger partial charge is 0.468 e. The SMILES string of the molecule is O=C(NC1CC1)c1ccc(CN(Cc2nc3ccccc3c(=O)[nH]2)Cc2ccco2)cc1. The van der Waals surface area contributed by atoms with Crippen molar-refractivity contribution in [1.29, 1.82) is 0 Å². The van der Waals surface area contributed by atoms with Crippen molar-refractivity contribution >= 4 is 16.8 Å². The molecular weight excluding hydrogens is 404 g/mol. The van der Waals surface area contributed by atoms with Gasteiger partial charge in [-0.25, -0.2) is 4.98 Å². The molecular formula is C25H24N4O3. The van der Waals surface area contributed by atoms with Crippen LogP contribution in [0.2, 0.25) is 0 Å². The summed E-state index contributed by atoms with van der Waals surface area (Å²) in [6, 6.07) is 19.1. The molecule has 32 heavy (non-hydrogen) atoms. The highest BCUT2D eigenvalue weighted by Gasteiger charge is 2.23. The van der Waals surface area contributed by atoms with E-state index in [0.717, 1.165) is 24.2 Å². The highest BCUT2D eigenvalue weighted by molar-refractivity contribution is 5.94. The van der Waals surface area contributed by atoms with E-state index in [0.29, 0.717) is 48.0 Å². The zero-order chi connectivity index (χ0) is 21.9. The lowest BCUT2D eigenvalue weighted by molar-refractivity contribution is 0.0951. The number of hydrogen-bond donors (Lipinski definition) is 2. The molecule has 2 heterocycles. The number of carbonyl (C=O) groups is 1. The van der Waals surface area contributed by atoms with Crippen LogP contribution in [0.15, 0.2) is 76.1 Å². The number of furan rings is 1. The lowest BCUT2D eigenvalue weighted by Gasteiger charge is -2.21. The third-order valence-electron chi connectivity index (χ3n) is 5.53. The van der Waals surface area contributed by atoms with Crippen LogP contribution in [0, 0.1) is 0 Å². The third-order valence-corrected chi connectivity index (χ3v) is 5.53. The average Bonchev–Trinajstić information content (AvgIpc) is 3.46. The predicted molar refractivity (Wildman–Crippen MR) is 121 cm³/mol. The van der Waals surface area contributed by atoms with E-state index in [4.69, 9.17) is 4.42 Å². The molecule has 0 radical (unpaired) electrons. The van der Waals surface area contributed by atoms with Crippen molar-refractivity contribution in [3.63, 3.8) is 0 Å². The summed E-state index contributed by atoms with van der Waals surface area (Å²) in [5.74, 6) is 1.40. The van der Waals surface area contributed by atoms with Crippen LogP contribution in [0.5, 0.6) is 0 Å². The van der Waals surface area contributed by atoms with Crippen LogP contribution in [-0.4, -0.2) is 26.8 Å². The first-order valence-corrected chi connectivity index (χ1v) is 10.8. The van der Waals surface area contributed by atoms with Gasteiger partial charge in [-0.3, -0.25) is 14.5 Å². The van der Waals surface area contributed by atoms with Gasteiger partial charge in [-0.2, -0.15) is 0 Å². The molecule has 0 atom stereocenters. The maximum atomic E-state index is 12.5. The van der Waals surface area contributed by atoms with Crippen LogP contribution in [0.3, 0.4) is 0 Å². The second kappa shape index (κ2) is 8.80. The highest BCUT2D eigenvalue weighted by Crippen LogP contribution is 2.20. The fraction of sp³-hybridized carbons (Fsp3) is 0.240. The Labute approximate surface area is 185 Å². The van der Waals surface area contributed by atoms with E-state index < -0.39 is 0 Å². The molecule has 0 unspecified atom stereocenters. The lowest BCUT2D eigenvalue weighted by atomic mass is 10.1. The van der Waals surface area contributed by atoms with Crippen molar-refractivity contribution in [1.82, 2.24) is 20.2 Å². The Morgan fingerprint density at radius 3 is 2.59 bits per heavy atom. The number of hydrogen-bond acceptors (Lipinski definition) is 5. The number of fused-ring (bicyclic) bond motifs is 1. The van der Waals surface area contributed by atoms with E-state index in [9.17, 15) is 9.59 Å². The van der Waals surface area contributed by atoms with Gasteiger partial charge in [0.15, 0.2) is 0 Å².